The summed E-state index contributed by atoms with van der Waals surface area (Å²) in [7, 11) is 0. The molecule has 0 saturated carbocycles. The second kappa shape index (κ2) is 9.56. The Labute approximate surface area is 121 Å². The summed E-state index contributed by atoms with van der Waals surface area (Å²) in [5.74, 6) is -1.34. The van der Waals surface area contributed by atoms with Crippen molar-refractivity contribution in [3.8, 4) is 0 Å². The van der Waals surface area contributed by atoms with Crippen molar-refractivity contribution in [3.63, 3.8) is 0 Å². The first kappa shape index (κ1) is 16.7. The second-order valence-electron chi connectivity index (χ2n) is 5.61. The third kappa shape index (κ3) is 6.22. The highest BCUT2D eigenvalue weighted by molar-refractivity contribution is 5.82. The van der Waals surface area contributed by atoms with Crippen molar-refractivity contribution in [1.29, 1.82) is 0 Å². The van der Waals surface area contributed by atoms with Gasteiger partial charge in [-0.05, 0) is 38.5 Å². The first-order chi connectivity index (χ1) is 9.65. The first-order valence-electron chi connectivity index (χ1n) is 7.76. The molecule has 1 aliphatic heterocycles. The number of unbranched alkanes of at least 4 members (excludes halogenated alkanes) is 3. The normalized spacial score (nSPS) is 16.7. The summed E-state index contributed by atoms with van der Waals surface area (Å²) in [5.41, 5.74) is 0. The number of carboxylic acid groups (broad SMARTS) is 1. The summed E-state index contributed by atoms with van der Waals surface area (Å²) in [6.07, 6.45) is 9.83. The zero-order valence-electron chi connectivity index (χ0n) is 12.4. The molecule has 0 aromatic rings. The van der Waals surface area contributed by atoms with Gasteiger partial charge in [-0.1, -0.05) is 18.9 Å². The maximum atomic E-state index is 12.1. The molecule has 0 aliphatic carbocycles. The predicted molar refractivity (Wildman–Crippen MR) is 79.5 cm³/mol. The number of amides is 1. The van der Waals surface area contributed by atoms with Crippen molar-refractivity contribution in [2.24, 2.45) is 5.92 Å². The molecule has 4 heteroatoms. The Bertz CT molecular complexity index is 322. The van der Waals surface area contributed by atoms with E-state index < -0.39 is 11.9 Å². The number of piperidine rings is 1. The molecular weight excluding hydrogens is 254 g/mol. The largest absolute Gasteiger partial charge is 0.481 e. The number of rotatable bonds is 9. The van der Waals surface area contributed by atoms with Crippen molar-refractivity contribution in [2.45, 2.75) is 57.8 Å². The van der Waals surface area contributed by atoms with E-state index in [1.807, 2.05) is 11.0 Å². The molecule has 0 radical (unpaired) electrons. The number of allylic oxidation sites excluding steroid dienone is 1. The molecule has 1 atom stereocenters. The van der Waals surface area contributed by atoms with Crippen LogP contribution in [0.5, 0.6) is 0 Å². The second-order valence-corrected chi connectivity index (χ2v) is 5.61. The van der Waals surface area contributed by atoms with Crippen LogP contribution in [0.4, 0.5) is 0 Å². The van der Waals surface area contributed by atoms with E-state index in [2.05, 4.69) is 6.58 Å². The summed E-state index contributed by atoms with van der Waals surface area (Å²) < 4.78 is 0. The van der Waals surface area contributed by atoms with Gasteiger partial charge in [-0.3, -0.25) is 9.59 Å². The van der Waals surface area contributed by atoms with E-state index in [0.717, 1.165) is 51.6 Å². The lowest BCUT2D eigenvalue weighted by atomic mass is 9.96. The maximum Gasteiger partial charge on any atom is 0.307 e. The van der Waals surface area contributed by atoms with E-state index in [0.29, 0.717) is 6.42 Å². The van der Waals surface area contributed by atoms with Gasteiger partial charge in [-0.2, -0.15) is 0 Å². The van der Waals surface area contributed by atoms with Gasteiger partial charge in [0.05, 0.1) is 5.92 Å². The molecule has 1 amide bonds. The van der Waals surface area contributed by atoms with Crippen LogP contribution in [0.2, 0.25) is 0 Å². The van der Waals surface area contributed by atoms with Crippen molar-refractivity contribution in [1.82, 2.24) is 4.90 Å². The first-order valence-corrected chi connectivity index (χ1v) is 7.76. The minimum Gasteiger partial charge on any atom is -0.481 e. The average Bonchev–Trinajstić information content (AvgIpc) is 2.46. The van der Waals surface area contributed by atoms with Crippen LogP contribution in [0.25, 0.3) is 0 Å². The van der Waals surface area contributed by atoms with Gasteiger partial charge in [0, 0.05) is 19.5 Å². The fourth-order valence-electron chi connectivity index (χ4n) is 2.65. The lowest BCUT2D eigenvalue weighted by molar-refractivity contribution is -0.146. The quantitative estimate of drug-likeness (QED) is 0.521. The van der Waals surface area contributed by atoms with Crippen molar-refractivity contribution >= 4 is 11.9 Å². The minimum atomic E-state index is -0.834. The van der Waals surface area contributed by atoms with Crippen LogP contribution in [-0.2, 0) is 9.59 Å². The van der Waals surface area contributed by atoms with Crippen LogP contribution in [0.3, 0.4) is 0 Å². The molecule has 114 valence electrons. The van der Waals surface area contributed by atoms with Crippen LogP contribution >= 0.6 is 0 Å². The molecule has 1 N–H and O–H groups in total. The fraction of sp³-hybridized carbons (Fsp3) is 0.750. The highest BCUT2D eigenvalue weighted by Crippen LogP contribution is 2.18. The Kier molecular flexibility index (Phi) is 8.00. The summed E-state index contributed by atoms with van der Waals surface area (Å²) in [4.78, 5) is 25.2. The summed E-state index contributed by atoms with van der Waals surface area (Å²) in [6.45, 7) is 5.26. The van der Waals surface area contributed by atoms with Gasteiger partial charge >= 0.3 is 5.97 Å². The van der Waals surface area contributed by atoms with E-state index in [-0.39, 0.29) is 12.3 Å². The lowest BCUT2D eigenvalue weighted by Gasteiger charge is -2.27. The number of hydrogen-bond acceptors (Lipinski definition) is 2. The number of carboxylic acids is 1. The van der Waals surface area contributed by atoms with E-state index in [1.54, 1.807) is 0 Å². The molecular formula is C16H27NO3. The third-order valence-corrected chi connectivity index (χ3v) is 3.94. The molecule has 1 aliphatic rings. The fourth-order valence-corrected chi connectivity index (χ4v) is 2.65. The van der Waals surface area contributed by atoms with Crippen LogP contribution < -0.4 is 0 Å². The number of carbonyl (C=O) groups excluding carboxylic acids is 1. The van der Waals surface area contributed by atoms with Gasteiger partial charge in [0.15, 0.2) is 0 Å². The summed E-state index contributed by atoms with van der Waals surface area (Å²) >= 11 is 0. The van der Waals surface area contributed by atoms with E-state index in [9.17, 15) is 14.7 Å². The van der Waals surface area contributed by atoms with Crippen LogP contribution in [-0.4, -0.2) is 35.0 Å². The number of carbonyl (C=O) groups is 2. The number of hydrogen-bond donors (Lipinski definition) is 1. The van der Waals surface area contributed by atoms with Crippen molar-refractivity contribution in [3.05, 3.63) is 12.7 Å². The number of aliphatic carboxylic acids is 1. The van der Waals surface area contributed by atoms with Crippen molar-refractivity contribution < 1.29 is 14.7 Å². The maximum absolute atomic E-state index is 12.1. The van der Waals surface area contributed by atoms with E-state index in [4.69, 9.17) is 0 Å². The topological polar surface area (TPSA) is 57.6 Å². The van der Waals surface area contributed by atoms with Crippen LogP contribution in [0, 0.1) is 5.92 Å². The summed E-state index contributed by atoms with van der Waals surface area (Å²) in [6, 6.07) is 0. The van der Waals surface area contributed by atoms with Crippen molar-refractivity contribution in [2.75, 3.05) is 13.1 Å². The van der Waals surface area contributed by atoms with Gasteiger partial charge in [-0.15, -0.1) is 6.58 Å². The number of likely N-dealkylation sites (tertiary alicyclic amines) is 1. The third-order valence-electron chi connectivity index (χ3n) is 3.94. The monoisotopic (exact) mass is 281 g/mol. The molecule has 0 aromatic carbocycles. The van der Waals surface area contributed by atoms with E-state index in [1.165, 1.54) is 6.42 Å². The Hall–Kier alpha value is -1.32. The van der Waals surface area contributed by atoms with Crippen LogP contribution in [0.15, 0.2) is 12.7 Å². The van der Waals surface area contributed by atoms with Crippen LogP contribution in [0.1, 0.15) is 57.8 Å². The zero-order valence-corrected chi connectivity index (χ0v) is 12.4. The molecule has 0 unspecified atom stereocenters. The van der Waals surface area contributed by atoms with Gasteiger partial charge in [-0.25, -0.2) is 0 Å². The smallest absolute Gasteiger partial charge is 0.307 e. The number of nitrogens with zero attached hydrogens (tertiary/aromatic N) is 1. The Morgan fingerprint density at radius 1 is 1.15 bits per heavy atom. The Balaban J connectivity index is 2.31. The van der Waals surface area contributed by atoms with Gasteiger partial charge < -0.3 is 10.0 Å². The molecule has 0 spiro atoms. The predicted octanol–water partition coefficient (Wildman–Crippen LogP) is 3.23. The Morgan fingerprint density at radius 3 is 2.45 bits per heavy atom. The summed E-state index contributed by atoms with van der Waals surface area (Å²) in [5, 5.41) is 9.24. The SMILES string of the molecule is C=CCCCCC[C@H](CC(=O)N1CCCCC1)C(=O)O. The zero-order chi connectivity index (χ0) is 14.8. The Morgan fingerprint density at radius 2 is 1.85 bits per heavy atom. The molecule has 1 rings (SSSR count). The highest BCUT2D eigenvalue weighted by atomic mass is 16.4. The molecule has 1 heterocycles. The molecule has 1 fully saturated rings. The van der Waals surface area contributed by atoms with Gasteiger partial charge in [0.2, 0.25) is 5.91 Å². The molecule has 4 nitrogen and oxygen atoms in total. The standard InChI is InChI=1S/C16H27NO3/c1-2-3-4-5-7-10-14(16(19)20)13-15(18)17-11-8-6-9-12-17/h2,14H,1,3-13H2,(H,19,20)/t14-/m1/s1. The van der Waals surface area contributed by atoms with Gasteiger partial charge in [0.25, 0.3) is 0 Å². The van der Waals surface area contributed by atoms with E-state index >= 15 is 0 Å². The molecule has 0 bridgehead atoms. The van der Waals surface area contributed by atoms with Gasteiger partial charge in [0.1, 0.15) is 0 Å². The molecule has 0 aromatic heterocycles. The molecule has 1 saturated heterocycles. The molecule has 20 heavy (non-hydrogen) atoms. The average molecular weight is 281 g/mol. The minimum absolute atomic E-state index is 0.0168. The highest BCUT2D eigenvalue weighted by Gasteiger charge is 2.24. The lowest BCUT2D eigenvalue weighted by Crippen LogP contribution is -2.37.